The Morgan fingerprint density at radius 1 is 1.50 bits per heavy atom. The van der Waals surface area contributed by atoms with E-state index in [2.05, 4.69) is 12.2 Å². The van der Waals surface area contributed by atoms with E-state index < -0.39 is 5.91 Å². The third kappa shape index (κ3) is 4.13. The summed E-state index contributed by atoms with van der Waals surface area (Å²) in [5.74, 6) is -0.421. The molecule has 4 heteroatoms. The van der Waals surface area contributed by atoms with Crippen molar-refractivity contribution < 1.29 is 9.90 Å². The van der Waals surface area contributed by atoms with Crippen molar-refractivity contribution in [1.82, 2.24) is 5.32 Å². The predicted octanol–water partition coefficient (Wildman–Crippen LogP) is 1.43. The maximum atomic E-state index is 11.1. The molecule has 0 spiro atoms. The number of aliphatic hydroxyl groups is 1. The number of carbonyl (C=O) groups excluding carboxylic acids is 1. The van der Waals surface area contributed by atoms with Gasteiger partial charge >= 0.3 is 0 Å². The number of hydrogen-bond acceptors (Lipinski definition) is 3. The number of rotatable bonds is 7. The van der Waals surface area contributed by atoms with E-state index >= 15 is 0 Å². The van der Waals surface area contributed by atoms with Crippen molar-refractivity contribution in [2.75, 3.05) is 6.61 Å². The Morgan fingerprint density at radius 2 is 2.22 bits per heavy atom. The Labute approximate surface area is 108 Å². The van der Waals surface area contributed by atoms with Crippen LogP contribution in [0.4, 0.5) is 0 Å². The molecule has 1 atom stereocenters. The molecule has 100 valence electrons. The molecule has 0 aliphatic rings. The highest BCUT2D eigenvalue weighted by atomic mass is 16.3. The lowest BCUT2D eigenvalue weighted by atomic mass is 9.97. The number of nitrogens with one attached hydrogen (secondary N) is 1. The van der Waals surface area contributed by atoms with Crippen LogP contribution in [-0.2, 0) is 6.54 Å². The molecule has 0 aliphatic heterocycles. The number of hydrogen-bond donors (Lipinski definition) is 3. The highest BCUT2D eigenvalue weighted by molar-refractivity contribution is 5.92. The number of aliphatic hydroxyl groups excluding tert-OH is 1. The number of carbonyl (C=O) groups is 1. The lowest BCUT2D eigenvalue weighted by Crippen LogP contribution is -2.45. The van der Waals surface area contributed by atoms with Crippen LogP contribution in [0.5, 0.6) is 0 Å². The van der Waals surface area contributed by atoms with Gasteiger partial charge in [0, 0.05) is 17.6 Å². The van der Waals surface area contributed by atoms with Gasteiger partial charge in [0.15, 0.2) is 0 Å². The highest BCUT2D eigenvalue weighted by Crippen LogP contribution is 2.13. The predicted molar refractivity (Wildman–Crippen MR) is 72.2 cm³/mol. The topological polar surface area (TPSA) is 75.3 Å². The van der Waals surface area contributed by atoms with Crippen LogP contribution in [0.3, 0.4) is 0 Å². The van der Waals surface area contributed by atoms with E-state index in [1.54, 1.807) is 12.1 Å². The second-order valence-corrected chi connectivity index (χ2v) is 4.89. The van der Waals surface area contributed by atoms with Crippen LogP contribution in [0.1, 0.15) is 42.6 Å². The van der Waals surface area contributed by atoms with Gasteiger partial charge in [0.05, 0.1) is 6.61 Å². The molecular formula is C14H22N2O2. The Bertz CT molecular complexity index is 407. The molecule has 0 saturated heterocycles. The Morgan fingerprint density at radius 3 is 2.78 bits per heavy atom. The van der Waals surface area contributed by atoms with Crippen LogP contribution < -0.4 is 11.1 Å². The highest BCUT2D eigenvalue weighted by Gasteiger charge is 2.21. The fourth-order valence-electron chi connectivity index (χ4n) is 1.93. The molecule has 0 aromatic heterocycles. The molecule has 4 nitrogen and oxygen atoms in total. The van der Waals surface area contributed by atoms with Crippen LogP contribution in [0.25, 0.3) is 0 Å². The molecule has 1 aromatic rings. The summed E-state index contributed by atoms with van der Waals surface area (Å²) >= 11 is 0. The standard InChI is InChI=1S/C14H22N2O2/c1-3-7-14(2,10-17)16-9-11-5-4-6-12(8-11)13(15)18/h4-6,8,16-17H,3,7,9-10H2,1-2H3,(H2,15,18). The molecule has 1 aromatic carbocycles. The van der Waals surface area contributed by atoms with Gasteiger partial charge < -0.3 is 16.2 Å². The summed E-state index contributed by atoms with van der Waals surface area (Å²) in [6.45, 7) is 4.78. The molecule has 0 fully saturated rings. The number of nitrogens with two attached hydrogens (primary N) is 1. The van der Waals surface area contributed by atoms with E-state index in [1.165, 1.54) is 0 Å². The van der Waals surface area contributed by atoms with Crippen molar-refractivity contribution in [2.45, 2.75) is 38.8 Å². The van der Waals surface area contributed by atoms with Gasteiger partial charge in [-0.3, -0.25) is 4.79 Å². The van der Waals surface area contributed by atoms with Crippen LogP contribution in [0, 0.1) is 0 Å². The average molecular weight is 250 g/mol. The summed E-state index contributed by atoms with van der Waals surface area (Å²) in [6.07, 6.45) is 1.91. The lowest BCUT2D eigenvalue weighted by molar-refractivity contribution is 0.1000. The van der Waals surface area contributed by atoms with E-state index in [-0.39, 0.29) is 12.1 Å². The minimum Gasteiger partial charge on any atom is -0.394 e. The van der Waals surface area contributed by atoms with Crippen LogP contribution in [0.15, 0.2) is 24.3 Å². The normalized spacial score (nSPS) is 14.2. The van der Waals surface area contributed by atoms with E-state index in [4.69, 9.17) is 5.73 Å². The molecule has 0 bridgehead atoms. The third-order valence-electron chi connectivity index (χ3n) is 3.08. The molecule has 0 aliphatic carbocycles. The first kappa shape index (κ1) is 14.7. The molecular weight excluding hydrogens is 228 g/mol. The minimum absolute atomic E-state index is 0.0936. The summed E-state index contributed by atoms with van der Waals surface area (Å²) in [6, 6.07) is 7.22. The summed E-state index contributed by atoms with van der Waals surface area (Å²) < 4.78 is 0. The van der Waals surface area contributed by atoms with Gasteiger partial charge in [-0.1, -0.05) is 25.5 Å². The number of primary amides is 1. The van der Waals surface area contributed by atoms with Crippen molar-refractivity contribution in [2.24, 2.45) is 5.73 Å². The molecule has 18 heavy (non-hydrogen) atoms. The first-order valence-electron chi connectivity index (χ1n) is 6.25. The van der Waals surface area contributed by atoms with Crippen molar-refractivity contribution >= 4 is 5.91 Å². The van der Waals surface area contributed by atoms with E-state index in [0.717, 1.165) is 18.4 Å². The quantitative estimate of drug-likeness (QED) is 0.685. The molecule has 1 rings (SSSR count). The van der Waals surface area contributed by atoms with Crippen LogP contribution in [-0.4, -0.2) is 23.2 Å². The van der Waals surface area contributed by atoms with Gasteiger partial charge in [0.2, 0.25) is 5.91 Å². The second kappa shape index (κ2) is 6.52. The lowest BCUT2D eigenvalue weighted by Gasteiger charge is -2.28. The second-order valence-electron chi connectivity index (χ2n) is 4.89. The smallest absolute Gasteiger partial charge is 0.248 e. The Kier molecular flexibility index (Phi) is 5.31. The summed E-state index contributed by atoms with van der Waals surface area (Å²) in [7, 11) is 0. The molecule has 4 N–H and O–H groups in total. The molecule has 1 amide bonds. The van der Waals surface area contributed by atoms with E-state index in [1.807, 2.05) is 19.1 Å². The molecule has 1 unspecified atom stereocenters. The van der Waals surface area contributed by atoms with Crippen LogP contribution >= 0.6 is 0 Å². The molecule has 0 radical (unpaired) electrons. The molecule has 0 saturated carbocycles. The van der Waals surface area contributed by atoms with Gasteiger partial charge in [-0.25, -0.2) is 0 Å². The summed E-state index contributed by atoms with van der Waals surface area (Å²) in [4.78, 5) is 11.1. The van der Waals surface area contributed by atoms with Crippen molar-refractivity contribution in [3.05, 3.63) is 35.4 Å². The van der Waals surface area contributed by atoms with Gasteiger partial charge in [0.1, 0.15) is 0 Å². The number of amides is 1. The third-order valence-corrected chi connectivity index (χ3v) is 3.08. The maximum Gasteiger partial charge on any atom is 0.248 e. The maximum absolute atomic E-state index is 11.1. The van der Waals surface area contributed by atoms with Crippen molar-refractivity contribution in [1.29, 1.82) is 0 Å². The van der Waals surface area contributed by atoms with Crippen molar-refractivity contribution in [3.63, 3.8) is 0 Å². The van der Waals surface area contributed by atoms with Gasteiger partial charge in [-0.15, -0.1) is 0 Å². The monoisotopic (exact) mass is 250 g/mol. The summed E-state index contributed by atoms with van der Waals surface area (Å²) in [5.41, 5.74) is 6.46. The Balaban J connectivity index is 2.67. The first-order chi connectivity index (χ1) is 8.50. The van der Waals surface area contributed by atoms with Crippen molar-refractivity contribution in [3.8, 4) is 0 Å². The zero-order chi connectivity index (χ0) is 13.6. The SMILES string of the molecule is CCCC(C)(CO)NCc1cccc(C(N)=O)c1. The van der Waals surface area contributed by atoms with E-state index in [9.17, 15) is 9.90 Å². The molecule has 0 heterocycles. The zero-order valence-electron chi connectivity index (χ0n) is 11.1. The largest absolute Gasteiger partial charge is 0.394 e. The van der Waals surface area contributed by atoms with Gasteiger partial charge in [-0.05, 0) is 31.0 Å². The zero-order valence-corrected chi connectivity index (χ0v) is 11.1. The van der Waals surface area contributed by atoms with Crippen LogP contribution in [0.2, 0.25) is 0 Å². The first-order valence-corrected chi connectivity index (χ1v) is 6.25. The van der Waals surface area contributed by atoms with E-state index in [0.29, 0.717) is 12.1 Å². The average Bonchev–Trinajstić information content (AvgIpc) is 2.37. The van der Waals surface area contributed by atoms with Gasteiger partial charge in [-0.2, -0.15) is 0 Å². The fraction of sp³-hybridized carbons (Fsp3) is 0.500. The summed E-state index contributed by atoms with van der Waals surface area (Å²) in [5, 5.41) is 12.7. The Hall–Kier alpha value is -1.39. The van der Waals surface area contributed by atoms with Gasteiger partial charge in [0.25, 0.3) is 0 Å². The fourth-order valence-corrected chi connectivity index (χ4v) is 1.93. The number of benzene rings is 1. The minimum atomic E-state index is -0.421.